The fourth-order valence-electron chi connectivity index (χ4n) is 1.13. The van der Waals surface area contributed by atoms with E-state index in [0.29, 0.717) is 0 Å². The van der Waals surface area contributed by atoms with Crippen LogP contribution in [0.2, 0.25) is 0 Å². The minimum absolute atomic E-state index is 0.280. The molecular formula is C10H19NO4. The van der Waals surface area contributed by atoms with E-state index in [1.54, 1.807) is 0 Å². The first-order chi connectivity index (χ1) is 7.10. The van der Waals surface area contributed by atoms with Gasteiger partial charge in [0.1, 0.15) is 0 Å². The van der Waals surface area contributed by atoms with E-state index in [-0.39, 0.29) is 6.61 Å². The molecule has 0 bridgehead atoms. The Balaban J connectivity index is 3.45. The summed E-state index contributed by atoms with van der Waals surface area (Å²) in [5.74, 6) is -0.649. The van der Waals surface area contributed by atoms with Crippen molar-refractivity contribution in [1.82, 2.24) is 4.90 Å². The van der Waals surface area contributed by atoms with Gasteiger partial charge in [0, 0.05) is 13.5 Å². The van der Waals surface area contributed by atoms with Crippen molar-refractivity contribution in [3.8, 4) is 0 Å². The van der Waals surface area contributed by atoms with Gasteiger partial charge in [-0.15, -0.1) is 0 Å². The molecule has 0 spiro atoms. The summed E-state index contributed by atoms with van der Waals surface area (Å²) in [4.78, 5) is 23.3. The molecule has 0 aliphatic rings. The number of hydrogen-bond donors (Lipinski definition) is 0. The number of carbonyl (C=O) groups is 2. The molecule has 0 aliphatic heterocycles. The predicted octanol–water partition coefficient (Wildman–Crippen LogP) is 1.42. The maximum atomic E-state index is 10.8. The third kappa shape index (κ3) is 7.93. The number of rotatable bonds is 6. The van der Waals surface area contributed by atoms with Crippen molar-refractivity contribution in [2.45, 2.75) is 27.2 Å². The van der Waals surface area contributed by atoms with Gasteiger partial charge in [0.25, 0.3) is 0 Å². The van der Waals surface area contributed by atoms with E-state index in [2.05, 4.69) is 28.2 Å². The molecule has 0 aromatic heterocycles. The van der Waals surface area contributed by atoms with Crippen molar-refractivity contribution >= 4 is 12.1 Å². The standard InChI is InChI=1S/C10H19NO4/c1-4-11(5-2)7-6-8-14-10(13)15-9(3)12/h4-8H2,1-3H3. The molecule has 0 radical (unpaired) electrons. The van der Waals surface area contributed by atoms with Crippen molar-refractivity contribution in [2.24, 2.45) is 0 Å². The molecule has 5 heteroatoms. The summed E-state index contributed by atoms with van der Waals surface area (Å²) in [5, 5.41) is 0. The van der Waals surface area contributed by atoms with E-state index < -0.39 is 12.1 Å². The quantitative estimate of drug-likeness (QED) is 0.382. The van der Waals surface area contributed by atoms with E-state index in [9.17, 15) is 9.59 Å². The zero-order valence-electron chi connectivity index (χ0n) is 9.62. The molecule has 0 saturated carbocycles. The van der Waals surface area contributed by atoms with Crippen molar-refractivity contribution in [3.63, 3.8) is 0 Å². The average molecular weight is 217 g/mol. The lowest BCUT2D eigenvalue weighted by molar-refractivity contribution is -0.137. The van der Waals surface area contributed by atoms with E-state index in [1.165, 1.54) is 0 Å². The van der Waals surface area contributed by atoms with Gasteiger partial charge in [0.2, 0.25) is 0 Å². The van der Waals surface area contributed by atoms with Crippen LogP contribution in [0.25, 0.3) is 0 Å². The van der Waals surface area contributed by atoms with Crippen LogP contribution in [0.1, 0.15) is 27.2 Å². The molecule has 5 nitrogen and oxygen atoms in total. The number of nitrogens with zero attached hydrogens (tertiary/aromatic N) is 1. The monoisotopic (exact) mass is 217 g/mol. The summed E-state index contributed by atoms with van der Waals surface area (Å²) < 4.78 is 8.88. The van der Waals surface area contributed by atoms with Gasteiger partial charge in [-0.05, 0) is 19.5 Å². The van der Waals surface area contributed by atoms with Crippen molar-refractivity contribution in [2.75, 3.05) is 26.2 Å². The van der Waals surface area contributed by atoms with Gasteiger partial charge >= 0.3 is 12.1 Å². The van der Waals surface area contributed by atoms with Crippen LogP contribution in [0.5, 0.6) is 0 Å². The highest BCUT2D eigenvalue weighted by Crippen LogP contribution is 1.93. The molecule has 0 amide bonds. The maximum Gasteiger partial charge on any atom is 0.516 e. The van der Waals surface area contributed by atoms with Gasteiger partial charge in [-0.25, -0.2) is 4.79 Å². The lowest BCUT2D eigenvalue weighted by Gasteiger charge is -2.17. The maximum absolute atomic E-state index is 10.8. The van der Waals surface area contributed by atoms with Crippen molar-refractivity contribution in [1.29, 1.82) is 0 Å². The van der Waals surface area contributed by atoms with Gasteiger partial charge in [-0.2, -0.15) is 0 Å². The molecule has 0 fully saturated rings. The minimum atomic E-state index is -0.915. The normalized spacial score (nSPS) is 10.1. The van der Waals surface area contributed by atoms with E-state index in [0.717, 1.165) is 33.0 Å². The number of esters is 1. The Morgan fingerprint density at radius 2 is 1.80 bits per heavy atom. The van der Waals surface area contributed by atoms with Gasteiger partial charge in [0.15, 0.2) is 0 Å². The molecular weight excluding hydrogens is 198 g/mol. The summed E-state index contributed by atoms with van der Waals surface area (Å²) in [5.41, 5.74) is 0. The zero-order valence-corrected chi connectivity index (χ0v) is 9.62. The smallest absolute Gasteiger partial charge is 0.434 e. The van der Waals surface area contributed by atoms with Gasteiger partial charge < -0.3 is 14.4 Å². The number of carbonyl (C=O) groups excluding carboxylic acids is 2. The predicted molar refractivity (Wildman–Crippen MR) is 55.5 cm³/mol. The topological polar surface area (TPSA) is 55.8 Å². The highest BCUT2D eigenvalue weighted by atomic mass is 16.7. The molecule has 0 aromatic rings. The van der Waals surface area contributed by atoms with Crippen LogP contribution in [-0.2, 0) is 14.3 Å². The van der Waals surface area contributed by atoms with Crippen LogP contribution < -0.4 is 0 Å². The van der Waals surface area contributed by atoms with Crippen molar-refractivity contribution < 1.29 is 19.1 Å². The highest BCUT2D eigenvalue weighted by Gasteiger charge is 2.06. The highest BCUT2D eigenvalue weighted by molar-refractivity contribution is 5.79. The Hall–Kier alpha value is -1.10. The Labute approximate surface area is 90.3 Å². The second-order valence-electron chi connectivity index (χ2n) is 3.07. The Kier molecular flexibility index (Phi) is 7.62. The van der Waals surface area contributed by atoms with Crippen LogP contribution >= 0.6 is 0 Å². The Bertz CT molecular complexity index is 202. The lowest BCUT2D eigenvalue weighted by Crippen LogP contribution is -2.25. The Morgan fingerprint density at radius 1 is 1.20 bits per heavy atom. The van der Waals surface area contributed by atoms with Gasteiger partial charge in [0.05, 0.1) is 6.61 Å². The molecule has 0 N–H and O–H groups in total. The minimum Gasteiger partial charge on any atom is -0.434 e. The van der Waals surface area contributed by atoms with Gasteiger partial charge in [-0.3, -0.25) is 4.79 Å². The largest absolute Gasteiger partial charge is 0.516 e. The molecule has 0 saturated heterocycles. The summed E-state index contributed by atoms with van der Waals surface area (Å²) in [6.45, 7) is 8.44. The first-order valence-electron chi connectivity index (χ1n) is 5.17. The lowest BCUT2D eigenvalue weighted by atomic mass is 10.4. The number of hydrogen-bond acceptors (Lipinski definition) is 5. The summed E-state index contributed by atoms with van der Waals surface area (Å²) in [6.07, 6.45) is -0.170. The van der Waals surface area contributed by atoms with E-state index >= 15 is 0 Å². The fraction of sp³-hybridized carbons (Fsp3) is 0.800. The summed E-state index contributed by atoms with van der Waals surface area (Å²) in [7, 11) is 0. The third-order valence-electron chi connectivity index (χ3n) is 1.96. The molecule has 0 rings (SSSR count). The second-order valence-corrected chi connectivity index (χ2v) is 3.07. The van der Waals surface area contributed by atoms with Gasteiger partial charge in [-0.1, -0.05) is 13.8 Å². The Morgan fingerprint density at radius 3 is 2.27 bits per heavy atom. The van der Waals surface area contributed by atoms with Crippen LogP contribution in [0.4, 0.5) is 4.79 Å². The first kappa shape index (κ1) is 13.9. The summed E-state index contributed by atoms with van der Waals surface area (Å²) >= 11 is 0. The molecule has 15 heavy (non-hydrogen) atoms. The average Bonchev–Trinajstić information content (AvgIpc) is 2.17. The molecule has 0 aliphatic carbocycles. The molecule has 0 unspecified atom stereocenters. The second kappa shape index (κ2) is 8.23. The molecule has 0 heterocycles. The SMILES string of the molecule is CCN(CC)CCCOC(=O)OC(C)=O. The van der Waals surface area contributed by atoms with E-state index in [1.807, 2.05) is 0 Å². The molecule has 0 aromatic carbocycles. The molecule has 0 atom stereocenters. The van der Waals surface area contributed by atoms with Crippen LogP contribution in [-0.4, -0.2) is 43.3 Å². The first-order valence-corrected chi connectivity index (χ1v) is 5.17. The zero-order chi connectivity index (χ0) is 11.7. The van der Waals surface area contributed by atoms with E-state index in [4.69, 9.17) is 0 Å². The number of ether oxygens (including phenoxy) is 2. The third-order valence-corrected chi connectivity index (χ3v) is 1.96. The van der Waals surface area contributed by atoms with Crippen molar-refractivity contribution in [3.05, 3.63) is 0 Å². The molecule has 88 valence electrons. The summed E-state index contributed by atoms with van der Waals surface area (Å²) in [6, 6.07) is 0. The van der Waals surface area contributed by atoms with Crippen LogP contribution in [0.15, 0.2) is 0 Å². The van der Waals surface area contributed by atoms with Crippen LogP contribution in [0, 0.1) is 0 Å². The van der Waals surface area contributed by atoms with Crippen LogP contribution in [0.3, 0.4) is 0 Å². The fourth-order valence-corrected chi connectivity index (χ4v) is 1.13.